The minimum Gasteiger partial charge on any atom is -0.489 e. The Morgan fingerprint density at radius 1 is 0.938 bits per heavy atom. The molecule has 0 saturated carbocycles. The van der Waals surface area contributed by atoms with E-state index in [1.165, 1.54) is 0 Å². The van der Waals surface area contributed by atoms with Crippen LogP contribution in [0.5, 0.6) is 11.5 Å². The van der Waals surface area contributed by atoms with Crippen LogP contribution in [0.15, 0.2) is 78.9 Å². The highest BCUT2D eigenvalue weighted by atomic mass is 16.5. The molecule has 0 atom stereocenters. The number of aromatic nitrogens is 1. The number of carbonyl (C=O) groups is 1. The van der Waals surface area contributed by atoms with Gasteiger partial charge in [-0.15, -0.1) is 0 Å². The molecule has 4 rings (SSSR count). The Hall–Kier alpha value is -4.12. The number of carboxylic acid groups (broad SMARTS) is 1. The maximum atomic E-state index is 10.9. The van der Waals surface area contributed by atoms with Crippen molar-refractivity contribution in [1.29, 1.82) is 0 Å². The molecule has 1 heterocycles. The molecule has 160 valence electrons. The van der Waals surface area contributed by atoms with Crippen molar-refractivity contribution in [1.82, 2.24) is 4.98 Å². The molecule has 1 aromatic heterocycles. The lowest BCUT2D eigenvalue weighted by Crippen LogP contribution is -2.12. The van der Waals surface area contributed by atoms with Crippen LogP contribution in [-0.4, -0.2) is 22.7 Å². The van der Waals surface area contributed by atoms with E-state index in [1.54, 1.807) is 0 Å². The molecule has 0 saturated heterocycles. The first kappa shape index (κ1) is 21.1. The van der Waals surface area contributed by atoms with Gasteiger partial charge in [0.1, 0.15) is 18.1 Å². The topological polar surface area (TPSA) is 68.7 Å². The number of para-hydroxylation sites is 2. The van der Waals surface area contributed by atoms with Crippen molar-refractivity contribution < 1.29 is 19.4 Å². The molecule has 3 aromatic carbocycles. The number of hydrogen-bond acceptors (Lipinski definition) is 4. The van der Waals surface area contributed by atoms with Crippen LogP contribution in [0.1, 0.15) is 22.4 Å². The standard InChI is InChI=1S/C27H23NO4/c1-19-6-4-9-22(27(19)32-18-26(29)30)17-31-24-10-5-7-20(16-24)12-14-23-15-13-21-8-2-3-11-25(21)28-23/h2-16H,17-18H2,1H3,(H,29,30)/b14-12+. The van der Waals surface area contributed by atoms with Crippen LogP contribution in [0.4, 0.5) is 0 Å². The molecule has 5 nitrogen and oxygen atoms in total. The summed E-state index contributed by atoms with van der Waals surface area (Å²) in [7, 11) is 0. The van der Waals surface area contributed by atoms with Gasteiger partial charge in [-0.3, -0.25) is 0 Å². The number of ether oxygens (including phenoxy) is 2. The minimum absolute atomic E-state index is 0.274. The van der Waals surface area contributed by atoms with Gasteiger partial charge < -0.3 is 14.6 Å². The molecule has 4 aromatic rings. The molecule has 5 heteroatoms. The first-order valence-electron chi connectivity index (χ1n) is 10.3. The fourth-order valence-corrected chi connectivity index (χ4v) is 3.39. The fourth-order valence-electron chi connectivity index (χ4n) is 3.39. The SMILES string of the molecule is Cc1cccc(COc2cccc(/C=C/c3ccc4ccccc4n3)c2)c1OCC(=O)O. The lowest BCUT2D eigenvalue weighted by atomic mass is 10.1. The lowest BCUT2D eigenvalue weighted by molar-refractivity contribution is -0.139. The van der Waals surface area contributed by atoms with Gasteiger partial charge in [0.25, 0.3) is 0 Å². The molecular weight excluding hydrogens is 402 g/mol. The average molecular weight is 425 g/mol. The summed E-state index contributed by atoms with van der Waals surface area (Å²) in [6, 6.07) is 25.5. The van der Waals surface area contributed by atoms with Crippen molar-refractivity contribution in [2.45, 2.75) is 13.5 Å². The molecule has 0 fully saturated rings. The Balaban J connectivity index is 1.46. The number of rotatable bonds is 8. The third kappa shape index (κ3) is 5.32. The van der Waals surface area contributed by atoms with Crippen molar-refractivity contribution in [2.75, 3.05) is 6.61 Å². The number of aliphatic carboxylic acids is 1. The van der Waals surface area contributed by atoms with E-state index in [-0.39, 0.29) is 13.2 Å². The van der Waals surface area contributed by atoms with Crippen LogP contribution in [0.25, 0.3) is 23.1 Å². The zero-order valence-corrected chi connectivity index (χ0v) is 17.7. The predicted molar refractivity (Wildman–Crippen MR) is 126 cm³/mol. The number of nitrogens with zero attached hydrogens (tertiary/aromatic N) is 1. The smallest absolute Gasteiger partial charge is 0.341 e. The van der Waals surface area contributed by atoms with E-state index in [2.05, 4.69) is 11.1 Å². The van der Waals surface area contributed by atoms with Crippen LogP contribution in [0, 0.1) is 6.92 Å². The van der Waals surface area contributed by atoms with E-state index in [4.69, 9.17) is 14.6 Å². The number of pyridine rings is 1. The lowest BCUT2D eigenvalue weighted by Gasteiger charge is -2.14. The average Bonchev–Trinajstić information content (AvgIpc) is 2.81. The summed E-state index contributed by atoms with van der Waals surface area (Å²) in [5.74, 6) is 0.248. The van der Waals surface area contributed by atoms with E-state index < -0.39 is 5.97 Å². The van der Waals surface area contributed by atoms with Gasteiger partial charge in [0.15, 0.2) is 6.61 Å². The highest BCUT2D eigenvalue weighted by Gasteiger charge is 2.10. The summed E-state index contributed by atoms with van der Waals surface area (Å²) < 4.78 is 11.4. The van der Waals surface area contributed by atoms with E-state index >= 15 is 0 Å². The highest BCUT2D eigenvalue weighted by Crippen LogP contribution is 2.25. The van der Waals surface area contributed by atoms with Gasteiger partial charge >= 0.3 is 5.97 Å². The molecular formula is C27H23NO4. The second kappa shape index (κ2) is 9.79. The maximum absolute atomic E-state index is 10.9. The van der Waals surface area contributed by atoms with Crippen molar-refractivity contribution >= 4 is 29.0 Å². The van der Waals surface area contributed by atoms with Crippen LogP contribution < -0.4 is 9.47 Å². The van der Waals surface area contributed by atoms with Gasteiger partial charge in [-0.2, -0.15) is 0 Å². The van der Waals surface area contributed by atoms with E-state index in [0.29, 0.717) is 11.5 Å². The zero-order chi connectivity index (χ0) is 22.3. The Morgan fingerprint density at radius 2 is 1.78 bits per heavy atom. The van der Waals surface area contributed by atoms with Crippen molar-refractivity contribution in [3.63, 3.8) is 0 Å². The zero-order valence-electron chi connectivity index (χ0n) is 17.7. The Bertz CT molecular complexity index is 1280. The van der Waals surface area contributed by atoms with Gasteiger partial charge in [0.05, 0.1) is 11.2 Å². The van der Waals surface area contributed by atoms with Crippen LogP contribution in [0.2, 0.25) is 0 Å². The highest BCUT2D eigenvalue weighted by molar-refractivity contribution is 5.80. The molecule has 0 spiro atoms. The number of hydrogen-bond donors (Lipinski definition) is 1. The Labute approximate surface area is 186 Å². The second-order valence-corrected chi connectivity index (χ2v) is 7.37. The van der Waals surface area contributed by atoms with Crippen LogP contribution in [0.3, 0.4) is 0 Å². The van der Waals surface area contributed by atoms with Gasteiger partial charge in [0.2, 0.25) is 0 Å². The molecule has 32 heavy (non-hydrogen) atoms. The van der Waals surface area contributed by atoms with Crippen molar-refractivity contribution in [2.24, 2.45) is 0 Å². The summed E-state index contributed by atoms with van der Waals surface area (Å²) in [6.45, 7) is 1.77. The fraction of sp³-hybridized carbons (Fsp3) is 0.111. The van der Waals surface area contributed by atoms with Gasteiger partial charge in [-0.05, 0) is 48.4 Å². The normalized spacial score (nSPS) is 11.0. The van der Waals surface area contributed by atoms with Crippen molar-refractivity contribution in [3.05, 3.63) is 101 Å². The first-order valence-corrected chi connectivity index (χ1v) is 10.3. The van der Waals surface area contributed by atoms with Gasteiger partial charge in [-0.1, -0.05) is 60.7 Å². The second-order valence-electron chi connectivity index (χ2n) is 7.37. The summed E-state index contributed by atoms with van der Waals surface area (Å²) in [5, 5.41) is 10.0. The van der Waals surface area contributed by atoms with E-state index in [0.717, 1.165) is 33.3 Å². The van der Waals surface area contributed by atoms with E-state index in [1.807, 2.05) is 91.9 Å². The summed E-state index contributed by atoms with van der Waals surface area (Å²) in [6.07, 6.45) is 3.97. The number of fused-ring (bicyclic) bond motifs is 1. The number of carboxylic acids is 1. The first-order chi connectivity index (χ1) is 15.6. The molecule has 0 aliphatic rings. The number of benzene rings is 3. The monoisotopic (exact) mass is 425 g/mol. The van der Waals surface area contributed by atoms with Gasteiger partial charge in [-0.25, -0.2) is 9.78 Å². The quantitative estimate of drug-likeness (QED) is 0.389. The summed E-state index contributed by atoms with van der Waals surface area (Å²) in [4.78, 5) is 15.5. The molecule has 1 N–H and O–H groups in total. The molecule has 0 radical (unpaired) electrons. The summed E-state index contributed by atoms with van der Waals surface area (Å²) in [5.41, 5.74) is 4.50. The molecule has 0 aliphatic heterocycles. The third-order valence-corrected chi connectivity index (χ3v) is 4.95. The van der Waals surface area contributed by atoms with Gasteiger partial charge in [0, 0.05) is 10.9 Å². The Morgan fingerprint density at radius 3 is 2.66 bits per heavy atom. The van der Waals surface area contributed by atoms with Crippen LogP contribution >= 0.6 is 0 Å². The molecule has 0 amide bonds. The predicted octanol–water partition coefficient (Wildman–Crippen LogP) is 5.76. The van der Waals surface area contributed by atoms with Crippen molar-refractivity contribution in [3.8, 4) is 11.5 Å². The number of aryl methyl sites for hydroxylation is 1. The molecule has 0 aliphatic carbocycles. The minimum atomic E-state index is -1.01. The molecule has 0 unspecified atom stereocenters. The maximum Gasteiger partial charge on any atom is 0.341 e. The Kier molecular flexibility index (Phi) is 6.46. The molecule has 0 bridgehead atoms. The van der Waals surface area contributed by atoms with E-state index in [9.17, 15) is 4.79 Å². The summed E-state index contributed by atoms with van der Waals surface area (Å²) >= 11 is 0. The van der Waals surface area contributed by atoms with Crippen LogP contribution in [-0.2, 0) is 11.4 Å². The third-order valence-electron chi connectivity index (χ3n) is 4.95. The largest absolute Gasteiger partial charge is 0.489 e.